The molecule has 0 saturated heterocycles. The summed E-state index contributed by atoms with van der Waals surface area (Å²) in [7, 11) is 0. The van der Waals surface area contributed by atoms with Gasteiger partial charge in [0.15, 0.2) is 0 Å². The van der Waals surface area contributed by atoms with Crippen LogP contribution in [0.4, 0.5) is 0 Å². The molecular weight excluding hydrogens is 488 g/mol. The number of esters is 3. The number of rotatable bonds is 7. The highest BCUT2D eigenvalue weighted by Crippen LogP contribution is 2.69. The molecule has 4 saturated carbocycles. The Kier molecular flexibility index (Phi) is 8.21. The van der Waals surface area contributed by atoms with Gasteiger partial charge in [-0.1, -0.05) is 20.8 Å². The van der Waals surface area contributed by atoms with Gasteiger partial charge in [0.1, 0.15) is 18.3 Å². The minimum absolute atomic E-state index is 0.0370. The van der Waals surface area contributed by atoms with Crippen LogP contribution in [0.1, 0.15) is 99.3 Å². The molecule has 0 aromatic heterocycles. The third-order valence-corrected chi connectivity index (χ3v) is 11.2. The molecule has 4 fully saturated rings. The van der Waals surface area contributed by atoms with Gasteiger partial charge in [0, 0.05) is 38.5 Å². The van der Waals surface area contributed by atoms with E-state index in [4.69, 9.17) is 14.2 Å². The average Bonchev–Trinajstić information content (AvgIpc) is 3.16. The van der Waals surface area contributed by atoms with Gasteiger partial charge in [-0.2, -0.15) is 0 Å². The second kappa shape index (κ2) is 10.8. The Hall–Kier alpha value is -2.12. The van der Waals surface area contributed by atoms with E-state index in [-0.39, 0.29) is 89.0 Å². The van der Waals surface area contributed by atoms with Crippen molar-refractivity contribution in [1.82, 2.24) is 0 Å². The number of hydrogen-bond donors (Lipinski definition) is 1. The molecule has 8 heteroatoms. The summed E-state index contributed by atoms with van der Waals surface area (Å²) in [5.41, 5.74) is -0.355. The maximum atomic E-state index is 12.4. The van der Waals surface area contributed by atoms with Crippen molar-refractivity contribution >= 4 is 23.9 Å². The van der Waals surface area contributed by atoms with Crippen molar-refractivity contribution in [3.05, 3.63) is 0 Å². The first-order valence-corrected chi connectivity index (χ1v) is 14.5. The highest BCUT2D eigenvalue weighted by Gasteiger charge is 2.67. The topological polar surface area (TPSA) is 116 Å². The molecule has 4 rings (SSSR count). The number of carbonyl (C=O) groups excluding carboxylic acids is 3. The molecule has 4 aliphatic rings. The number of fused-ring (bicyclic) bond motifs is 5. The minimum Gasteiger partial charge on any atom is -0.481 e. The van der Waals surface area contributed by atoms with Gasteiger partial charge in [0.2, 0.25) is 0 Å². The van der Waals surface area contributed by atoms with Crippen molar-refractivity contribution in [2.75, 3.05) is 0 Å². The first-order valence-electron chi connectivity index (χ1n) is 14.5. The molecule has 11 atom stereocenters. The Labute approximate surface area is 226 Å². The van der Waals surface area contributed by atoms with E-state index >= 15 is 0 Å². The zero-order valence-corrected chi connectivity index (χ0v) is 23.9. The average molecular weight is 535 g/mol. The van der Waals surface area contributed by atoms with Gasteiger partial charge in [-0.3, -0.25) is 19.2 Å². The van der Waals surface area contributed by atoms with Crippen LogP contribution in [0.15, 0.2) is 0 Å². The monoisotopic (exact) mass is 534 g/mol. The predicted octanol–water partition coefficient (Wildman–Crippen LogP) is 5.16. The summed E-state index contributed by atoms with van der Waals surface area (Å²) in [6, 6.07) is 0. The molecule has 0 radical (unpaired) electrons. The molecule has 0 aromatic carbocycles. The number of carbonyl (C=O) groups is 4. The molecule has 0 unspecified atom stereocenters. The number of aliphatic carboxylic acids is 1. The highest BCUT2D eigenvalue weighted by molar-refractivity contribution is 5.67. The Bertz CT molecular complexity index is 947. The smallest absolute Gasteiger partial charge is 0.303 e. The fourth-order valence-electron chi connectivity index (χ4n) is 9.67. The second-order valence-corrected chi connectivity index (χ2v) is 13.2. The first kappa shape index (κ1) is 28.9. The number of carboxylic acid groups (broad SMARTS) is 1. The second-order valence-electron chi connectivity index (χ2n) is 13.2. The third kappa shape index (κ3) is 5.21. The predicted molar refractivity (Wildman–Crippen MR) is 139 cm³/mol. The maximum Gasteiger partial charge on any atom is 0.303 e. The van der Waals surface area contributed by atoms with Crippen molar-refractivity contribution in [2.24, 2.45) is 46.3 Å². The fraction of sp³-hybridized carbons (Fsp3) is 0.867. The summed E-state index contributed by atoms with van der Waals surface area (Å²) in [5, 5.41) is 9.31. The number of ether oxygens (including phenoxy) is 3. The Morgan fingerprint density at radius 2 is 1.53 bits per heavy atom. The molecule has 38 heavy (non-hydrogen) atoms. The molecule has 0 bridgehead atoms. The van der Waals surface area contributed by atoms with Crippen LogP contribution in [-0.2, 0) is 33.4 Å². The van der Waals surface area contributed by atoms with E-state index in [9.17, 15) is 24.3 Å². The van der Waals surface area contributed by atoms with Crippen molar-refractivity contribution in [1.29, 1.82) is 0 Å². The zero-order valence-electron chi connectivity index (χ0n) is 23.9. The summed E-state index contributed by atoms with van der Waals surface area (Å²) < 4.78 is 17.8. The van der Waals surface area contributed by atoms with E-state index in [1.165, 1.54) is 20.8 Å². The summed E-state index contributed by atoms with van der Waals surface area (Å²) in [5.74, 6) is -0.421. The van der Waals surface area contributed by atoms with Gasteiger partial charge < -0.3 is 19.3 Å². The summed E-state index contributed by atoms with van der Waals surface area (Å²) in [4.78, 5) is 47.7. The van der Waals surface area contributed by atoms with E-state index in [2.05, 4.69) is 20.8 Å². The van der Waals surface area contributed by atoms with Crippen LogP contribution in [0.25, 0.3) is 0 Å². The summed E-state index contributed by atoms with van der Waals surface area (Å²) >= 11 is 0. The van der Waals surface area contributed by atoms with Crippen molar-refractivity contribution in [3.8, 4) is 0 Å². The molecule has 0 aliphatic heterocycles. The lowest BCUT2D eigenvalue weighted by Crippen LogP contribution is -2.63. The third-order valence-electron chi connectivity index (χ3n) is 11.2. The van der Waals surface area contributed by atoms with E-state index in [0.29, 0.717) is 12.8 Å². The van der Waals surface area contributed by atoms with Crippen LogP contribution in [0.5, 0.6) is 0 Å². The van der Waals surface area contributed by atoms with Gasteiger partial charge in [0.05, 0.1) is 0 Å². The maximum absolute atomic E-state index is 12.4. The standard InChI is InChI=1S/C30H46O8/c1-16(7-10-27(34)35)22-8-9-23-28-24(15-26(30(22,23)6)38-19(4)33)29(5)12-11-21(36-17(2)31)13-20(29)14-25(28)37-18(3)32/h16,20-26,28H,7-15H2,1-6H3,(H,34,35)/t16-,20-,21+,22+,23-,24-,25-,26-,28-,29+,30-/m1/s1. The van der Waals surface area contributed by atoms with E-state index in [0.717, 1.165) is 38.5 Å². The lowest BCUT2D eigenvalue weighted by Gasteiger charge is -2.64. The van der Waals surface area contributed by atoms with Gasteiger partial charge >= 0.3 is 23.9 Å². The van der Waals surface area contributed by atoms with Crippen molar-refractivity contribution in [2.45, 2.75) is 118 Å². The normalized spacial score (nSPS) is 42.6. The molecule has 0 heterocycles. The van der Waals surface area contributed by atoms with Crippen LogP contribution < -0.4 is 0 Å². The van der Waals surface area contributed by atoms with Gasteiger partial charge in [-0.25, -0.2) is 0 Å². The largest absolute Gasteiger partial charge is 0.481 e. The van der Waals surface area contributed by atoms with Crippen LogP contribution >= 0.6 is 0 Å². The van der Waals surface area contributed by atoms with Gasteiger partial charge in [0.25, 0.3) is 0 Å². The SMILES string of the molecule is CC(=O)O[C@H]1CC[C@@]2(C)[C@H](C1)C[C@@H](OC(C)=O)[C@H]1[C@H]2C[C@@H](OC(C)=O)[C@@]2(C)[C@@H]1CC[C@H]2[C@H](C)CCC(=O)O. The fourth-order valence-corrected chi connectivity index (χ4v) is 9.67. The van der Waals surface area contributed by atoms with Gasteiger partial charge in [-0.05, 0) is 86.4 Å². The van der Waals surface area contributed by atoms with Crippen LogP contribution in [0.2, 0.25) is 0 Å². The van der Waals surface area contributed by atoms with Crippen molar-refractivity contribution in [3.63, 3.8) is 0 Å². The highest BCUT2D eigenvalue weighted by atomic mass is 16.6. The zero-order chi connectivity index (χ0) is 28.0. The lowest BCUT2D eigenvalue weighted by molar-refractivity contribution is -0.224. The van der Waals surface area contributed by atoms with Crippen LogP contribution in [-0.4, -0.2) is 47.3 Å². The molecule has 0 amide bonds. The Morgan fingerprint density at radius 3 is 2.13 bits per heavy atom. The molecule has 214 valence electrons. The molecule has 8 nitrogen and oxygen atoms in total. The van der Waals surface area contributed by atoms with Gasteiger partial charge in [-0.15, -0.1) is 0 Å². The molecule has 1 N–H and O–H groups in total. The van der Waals surface area contributed by atoms with Crippen LogP contribution in [0, 0.1) is 46.3 Å². The quantitative estimate of drug-likeness (QED) is 0.352. The summed E-state index contributed by atoms with van der Waals surface area (Å²) in [6.45, 7) is 11.1. The molecule has 0 spiro atoms. The summed E-state index contributed by atoms with van der Waals surface area (Å²) in [6.07, 6.45) is 5.93. The molecular formula is C30H46O8. The lowest BCUT2D eigenvalue weighted by atomic mass is 9.43. The van der Waals surface area contributed by atoms with Crippen molar-refractivity contribution < 1.29 is 38.5 Å². The number of carboxylic acids is 1. The first-order chi connectivity index (χ1) is 17.8. The Morgan fingerprint density at radius 1 is 0.868 bits per heavy atom. The Balaban J connectivity index is 1.71. The minimum atomic E-state index is -0.790. The number of hydrogen-bond acceptors (Lipinski definition) is 7. The van der Waals surface area contributed by atoms with E-state index in [1.807, 2.05) is 0 Å². The van der Waals surface area contributed by atoms with E-state index < -0.39 is 5.97 Å². The molecule has 0 aromatic rings. The molecule has 4 aliphatic carbocycles. The van der Waals surface area contributed by atoms with E-state index in [1.54, 1.807) is 0 Å². The van der Waals surface area contributed by atoms with Crippen LogP contribution in [0.3, 0.4) is 0 Å².